The number of imide groups is 1. The van der Waals surface area contributed by atoms with Gasteiger partial charge in [0.05, 0.1) is 0 Å². The highest BCUT2D eigenvalue weighted by Gasteiger charge is 2.39. The molecule has 3 rings (SSSR count). The third-order valence-corrected chi connectivity index (χ3v) is 4.93. The summed E-state index contributed by atoms with van der Waals surface area (Å²) in [5.41, 5.74) is 8.26. The van der Waals surface area contributed by atoms with Crippen LogP contribution in [0.3, 0.4) is 0 Å². The van der Waals surface area contributed by atoms with Crippen LogP contribution in [0, 0.1) is 0 Å². The molecule has 0 aromatic heterocycles. The van der Waals surface area contributed by atoms with Gasteiger partial charge in [0.2, 0.25) is 11.8 Å². The highest BCUT2D eigenvalue weighted by Crippen LogP contribution is 2.30. The second-order valence-corrected chi connectivity index (χ2v) is 6.51. The van der Waals surface area contributed by atoms with Gasteiger partial charge in [-0.25, -0.2) is 0 Å². The van der Waals surface area contributed by atoms with Crippen molar-refractivity contribution in [1.82, 2.24) is 15.1 Å². The maximum absolute atomic E-state index is 13.0. The Bertz CT molecular complexity index is 704. The van der Waals surface area contributed by atoms with Crippen LogP contribution in [0.15, 0.2) is 18.2 Å². The predicted molar refractivity (Wildman–Crippen MR) is 92.5 cm³/mol. The lowest BCUT2D eigenvalue weighted by atomic mass is 10.0. The first-order valence-corrected chi connectivity index (χ1v) is 8.73. The molecule has 0 aliphatic carbocycles. The number of carbonyl (C=O) groups excluding carboxylic acids is 3. The molecular formula is C18H24N4O3. The molecule has 2 aliphatic rings. The van der Waals surface area contributed by atoms with E-state index in [2.05, 4.69) is 17.1 Å². The summed E-state index contributed by atoms with van der Waals surface area (Å²) in [6.45, 7) is 5.33. The number of benzene rings is 1. The van der Waals surface area contributed by atoms with Crippen LogP contribution in [-0.4, -0.2) is 53.2 Å². The predicted octanol–water partition coefficient (Wildman–Crippen LogP) is 0.228. The van der Waals surface area contributed by atoms with Gasteiger partial charge < -0.3 is 10.6 Å². The lowest BCUT2D eigenvalue weighted by molar-refractivity contribution is -0.136. The Morgan fingerprint density at radius 2 is 2.12 bits per heavy atom. The van der Waals surface area contributed by atoms with E-state index in [9.17, 15) is 14.4 Å². The number of hydrogen-bond acceptors (Lipinski definition) is 5. The van der Waals surface area contributed by atoms with Gasteiger partial charge in [0, 0.05) is 38.2 Å². The van der Waals surface area contributed by atoms with Gasteiger partial charge in [-0.2, -0.15) is 0 Å². The first kappa shape index (κ1) is 17.6. The smallest absolute Gasteiger partial charge is 0.255 e. The highest BCUT2D eigenvalue weighted by molar-refractivity contribution is 6.05. The van der Waals surface area contributed by atoms with E-state index in [4.69, 9.17) is 5.73 Å². The molecule has 7 heteroatoms. The number of likely N-dealkylation sites (N-methyl/N-ethyl adjacent to an activating group) is 1. The molecule has 0 saturated carbocycles. The molecule has 0 spiro atoms. The topological polar surface area (TPSA) is 95.7 Å². The van der Waals surface area contributed by atoms with Gasteiger partial charge in [-0.1, -0.05) is 25.1 Å². The molecule has 1 fully saturated rings. The molecule has 2 aliphatic heterocycles. The summed E-state index contributed by atoms with van der Waals surface area (Å²) in [6.07, 6.45) is 0.650. The number of hydrogen-bond donors (Lipinski definition) is 2. The van der Waals surface area contributed by atoms with Crippen molar-refractivity contribution < 1.29 is 14.4 Å². The number of rotatable bonds is 6. The largest absolute Gasteiger partial charge is 0.329 e. The number of piperidine rings is 1. The van der Waals surface area contributed by atoms with Crippen LogP contribution in [0.2, 0.25) is 0 Å². The van der Waals surface area contributed by atoms with Crippen LogP contribution in [-0.2, 0) is 22.7 Å². The minimum absolute atomic E-state index is 0.121. The van der Waals surface area contributed by atoms with E-state index in [1.165, 1.54) is 0 Å². The molecule has 1 saturated heterocycles. The minimum atomic E-state index is -0.572. The number of nitrogens with zero attached hydrogens (tertiary/aromatic N) is 2. The van der Waals surface area contributed by atoms with E-state index >= 15 is 0 Å². The Labute approximate surface area is 147 Å². The number of nitrogens with two attached hydrogens (primary N) is 1. The normalized spacial score (nSPS) is 20.2. The van der Waals surface area contributed by atoms with Gasteiger partial charge in [-0.05, 0) is 24.1 Å². The SMILES string of the molecule is CCN(CCN)Cc1cccc2c1C(=O)N(C1CCC(=O)NC1=O)C2. The number of amides is 3. The summed E-state index contributed by atoms with van der Waals surface area (Å²) in [6, 6.07) is 5.27. The van der Waals surface area contributed by atoms with Crippen molar-refractivity contribution in [1.29, 1.82) is 0 Å². The van der Waals surface area contributed by atoms with Crippen molar-refractivity contribution in [3.63, 3.8) is 0 Å². The first-order chi connectivity index (χ1) is 12.0. The highest BCUT2D eigenvalue weighted by atomic mass is 16.2. The average Bonchev–Trinajstić information content (AvgIpc) is 2.92. The first-order valence-electron chi connectivity index (χ1n) is 8.73. The summed E-state index contributed by atoms with van der Waals surface area (Å²) < 4.78 is 0. The zero-order valence-corrected chi connectivity index (χ0v) is 14.5. The van der Waals surface area contributed by atoms with E-state index in [1.807, 2.05) is 18.2 Å². The van der Waals surface area contributed by atoms with Gasteiger partial charge in [0.15, 0.2) is 0 Å². The second-order valence-electron chi connectivity index (χ2n) is 6.51. The molecule has 3 amide bonds. The maximum atomic E-state index is 13.0. The third-order valence-electron chi connectivity index (χ3n) is 4.93. The van der Waals surface area contributed by atoms with Crippen molar-refractivity contribution in [3.05, 3.63) is 34.9 Å². The van der Waals surface area contributed by atoms with Gasteiger partial charge >= 0.3 is 0 Å². The molecule has 2 heterocycles. The van der Waals surface area contributed by atoms with E-state index in [1.54, 1.807) is 4.90 Å². The van der Waals surface area contributed by atoms with E-state index in [-0.39, 0.29) is 24.1 Å². The average molecular weight is 344 g/mol. The van der Waals surface area contributed by atoms with Crippen LogP contribution in [0.4, 0.5) is 0 Å². The Balaban J connectivity index is 1.83. The number of carbonyl (C=O) groups is 3. The fourth-order valence-electron chi connectivity index (χ4n) is 3.59. The summed E-state index contributed by atoms with van der Waals surface area (Å²) in [4.78, 5) is 40.3. The van der Waals surface area contributed by atoms with Crippen LogP contribution < -0.4 is 11.1 Å². The zero-order chi connectivity index (χ0) is 18.0. The van der Waals surface area contributed by atoms with Crippen LogP contribution in [0.25, 0.3) is 0 Å². The fraction of sp³-hybridized carbons (Fsp3) is 0.500. The van der Waals surface area contributed by atoms with Crippen LogP contribution >= 0.6 is 0 Å². The molecule has 1 aromatic carbocycles. The lowest BCUT2D eigenvalue weighted by Gasteiger charge is -2.29. The second kappa shape index (κ2) is 7.33. The van der Waals surface area contributed by atoms with Gasteiger partial charge in [0.25, 0.3) is 5.91 Å². The minimum Gasteiger partial charge on any atom is -0.329 e. The molecule has 25 heavy (non-hydrogen) atoms. The van der Waals surface area contributed by atoms with Crippen LogP contribution in [0.1, 0.15) is 41.3 Å². The van der Waals surface area contributed by atoms with E-state index < -0.39 is 6.04 Å². The Morgan fingerprint density at radius 1 is 1.32 bits per heavy atom. The molecular weight excluding hydrogens is 320 g/mol. The molecule has 0 radical (unpaired) electrons. The monoisotopic (exact) mass is 344 g/mol. The molecule has 134 valence electrons. The molecule has 3 N–H and O–H groups in total. The molecule has 1 aromatic rings. The Hall–Kier alpha value is -2.25. The Morgan fingerprint density at radius 3 is 2.80 bits per heavy atom. The summed E-state index contributed by atoms with van der Waals surface area (Å²) in [7, 11) is 0. The molecule has 0 bridgehead atoms. The summed E-state index contributed by atoms with van der Waals surface area (Å²) in [5, 5.41) is 2.33. The van der Waals surface area contributed by atoms with Crippen molar-refractivity contribution >= 4 is 17.7 Å². The van der Waals surface area contributed by atoms with E-state index in [0.717, 1.165) is 24.2 Å². The van der Waals surface area contributed by atoms with Crippen molar-refractivity contribution in [3.8, 4) is 0 Å². The Kier molecular flexibility index (Phi) is 5.15. The fourth-order valence-corrected chi connectivity index (χ4v) is 3.59. The summed E-state index contributed by atoms with van der Waals surface area (Å²) in [5.74, 6) is -0.771. The van der Waals surface area contributed by atoms with Crippen molar-refractivity contribution in [2.75, 3.05) is 19.6 Å². The quantitative estimate of drug-likeness (QED) is 0.720. The number of fused-ring (bicyclic) bond motifs is 1. The molecule has 7 nitrogen and oxygen atoms in total. The van der Waals surface area contributed by atoms with Crippen molar-refractivity contribution in [2.45, 2.75) is 38.9 Å². The van der Waals surface area contributed by atoms with Gasteiger partial charge in [0.1, 0.15) is 6.04 Å². The zero-order valence-electron chi connectivity index (χ0n) is 14.5. The van der Waals surface area contributed by atoms with Gasteiger partial charge in [-0.3, -0.25) is 24.6 Å². The standard InChI is InChI=1S/C18H24N4O3/c1-2-21(9-8-19)10-12-4-3-5-13-11-22(18(25)16(12)13)14-6-7-15(23)20-17(14)24/h3-5,14H,2,6-11,19H2,1H3,(H,20,23,24). The summed E-state index contributed by atoms with van der Waals surface area (Å²) >= 11 is 0. The van der Waals surface area contributed by atoms with Crippen molar-refractivity contribution in [2.24, 2.45) is 5.73 Å². The van der Waals surface area contributed by atoms with Gasteiger partial charge in [-0.15, -0.1) is 0 Å². The van der Waals surface area contributed by atoms with E-state index in [0.29, 0.717) is 31.6 Å². The number of nitrogens with one attached hydrogen (secondary N) is 1. The molecule has 1 atom stereocenters. The lowest BCUT2D eigenvalue weighted by Crippen LogP contribution is -2.52. The third kappa shape index (κ3) is 3.43. The van der Waals surface area contributed by atoms with Crippen LogP contribution in [0.5, 0.6) is 0 Å². The molecule has 1 unspecified atom stereocenters. The maximum Gasteiger partial charge on any atom is 0.255 e.